The van der Waals surface area contributed by atoms with Crippen molar-refractivity contribution in [2.75, 3.05) is 0 Å². The highest BCUT2D eigenvalue weighted by Crippen LogP contribution is 2.23. The highest BCUT2D eigenvalue weighted by atomic mass is 32.1. The molecule has 0 saturated heterocycles. The summed E-state index contributed by atoms with van der Waals surface area (Å²) in [6, 6.07) is -0.502. The molecule has 1 aromatic rings. The molecule has 0 fully saturated rings. The van der Waals surface area contributed by atoms with Crippen LogP contribution >= 0.6 is 11.3 Å². The van der Waals surface area contributed by atoms with E-state index in [9.17, 15) is 4.79 Å². The van der Waals surface area contributed by atoms with E-state index in [4.69, 9.17) is 5.73 Å². The molecule has 112 valence electrons. The summed E-state index contributed by atoms with van der Waals surface area (Å²) in [7, 11) is 0. The summed E-state index contributed by atoms with van der Waals surface area (Å²) in [6.45, 7) is 12.9. The zero-order chi connectivity index (χ0) is 16.0. The molecule has 6 nitrogen and oxygen atoms in total. The fraction of sp³-hybridized carbons (Fsp3) is 0.214. The van der Waals surface area contributed by atoms with Crippen molar-refractivity contribution in [3.63, 3.8) is 0 Å². The van der Waals surface area contributed by atoms with Crippen LogP contribution in [0.1, 0.15) is 17.5 Å². The molecule has 0 aliphatic heterocycles. The standard InChI is InChI=1S/C14H19N5OS/c1-6-8(3)11(7-2)17-13(20)18-12(15)19-14-16-9(4)10(5)21-14/h6-7H,1-2H2,3-5H3,(H4,15,16,17,18,19,20)/b11-8+. The number of carbonyl (C=O) groups is 1. The predicted molar refractivity (Wildman–Crippen MR) is 87.6 cm³/mol. The number of carbonyl (C=O) groups excluding carboxylic acids is 1. The molecular formula is C14H19N5OS. The lowest BCUT2D eigenvalue weighted by Crippen LogP contribution is -2.42. The number of rotatable bonds is 4. The number of thiazole rings is 1. The SMILES string of the molecule is C=C/C(C)=C(\C=C)NC(=O)N/C(N)=N/c1nc(C)c(C)s1. The Balaban J connectivity index is 2.74. The number of hydrogen-bond acceptors (Lipinski definition) is 4. The summed E-state index contributed by atoms with van der Waals surface area (Å²) < 4.78 is 0. The maximum absolute atomic E-state index is 11.8. The molecule has 7 heteroatoms. The molecule has 4 N–H and O–H groups in total. The summed E-state index contributed by atoms with van der Waals surface area (Å²) in [5.41, 5.74) is 7.92. The molecule has 0 spiro atoms. The van der Waals surface area contributed by atoms with Crippen LogP contribution in [0.4, 0.5) is 9.93 Å². The Morgan fingerprint density at radius 1 is 1.33 bits per heavy atom. The highest BCUT2D eigenvalue weighted by Gasteiger charge is 2.07. The average Bonchev–Trinajstić information content (AvgIpc) is 2.73. The summed E-state index contributed by atoms with van der Waals surface area (Å²) in [5.74, 6) is -0.0269. The van der Waals surface area contributed by atoms with E-state index in [1.165, 1.54) is 17.4 Å². The van der Waals surface area contributed by atoms with Crippen LogP contribution in [0.2, 0.25) is 0 Å². The van der Waals surface area contributed by atoms with Gasteiger partial charge < -0.3 is 11.1 Å². The molecule has 0 saturated carbocycles. The molecule has 1 rings (SSSR count). The molecule has 0 radical (unpaired) electrons. The number of guanidine groups is 1. The van der Waals surface area contributed by atoms with Crippen molar-refractivity contribution in [2.24, 2.45) is 10.7 Å². The lowest BCUT2D eigenvalue weighted by Gasteiger charge is -2.09. The largest absolute Gasteiger partial charge is 0.369 e. The topological polar surface area (TPSA) is 92.4 Å². The van der Waals surface area contributed by atoms with Gasteiger partial charge in [-0.1, -0.05) is 30.6 Å². The number of aliphatic imine (C=N–C) groups is 1. The second-order valence-electron chi connectivity index (χ2n) is 4.22. The van der Waals surface area contributed by atoms with Gasteiger partial charge in [-0.3, -0.25) is 5.32 Å². The first-order valence-electron chi connectivity index (χ1n) is 6.19. The highest BCUT2D eigenvalue weighted by molar-refractivity contribution is 7.15. The number of hydrogen-bond donors (Lipinski definition) is 3. The molecule has 0 aliphatic carbocycles. The number of nitrogens with two attached hydrogens (primary N) is 1. The normalized spacial score (nSPS) is 12.4. The molecule has 21 heavy (non-hydrogen) atoms. The molecule has 0 bridgehead atoms. The zero-order valence-corrected chi connectivity index (χ0v) is 13.2. The van der Waals surface area contributed by atoms with Crippen LogP contribution in [0.15, 0.2) is 41.6 Å². The van der Waals surface area contributed by atoms with E-state index in [1.807, 2.05) is 20.8 Å². The van der Waals surface area contributed by atoms with Gasteiger partial charge in [-0.2, -0.15) is 4.99 Å². The fourth-order valence-electron chi connectivity index (χ4n) is 1.33. The minimum atomic E-state index is -0.502. The predicted octanol–water partition coefficient (Wildman–Crippen LogP) is 2.65. The molecule has 0 unspecified atom stereocenters. The van der Waals surface area contributed by atoms with Gasteiger partial charge in [0.15, 0.2) is 0 Å². The van der Waals surface area contributed by atoms with Gasteiger partial charge in [0.1, 0.15) is 0 Å². The maximum atomic E-state index is 11.8. The van der Waals surface area contributed by atoms with Gasteiger partial charge in [0.05, 0.1) is 5.69 Å². The minimum Gasteiger partial charge on any atom is -0.369 e. The van der Waals surface area contributed by atoms with Crippen LogP contribution in [0.5, 0.6) is 0 Å². The van der Waals surface area contributed by atoms with Gasteiger partial charge in [-0.25, -0.2) is 9.78 Å². The molecule has 2 amide bonds. The summed E-state index contributed by atoms with van der Waals surface area (Å²) >= 11 is 1.41. The van der Waals surface area contributed by atoms with Crippen molar-refractivity contribution >= 4 is 28.5 Å². The number of nitrogens with zero attached hydrogens (tertiary/aromatic N) is 2. The Labute approximate surface area is 128 Å². The lowest BCUT2D eigenvalue weighted by atomic mass is 10.2. The first-order chi connectivity index (χ1) is 9.87. The quantitative estimate of drug-likeness (QED) is 0.453. The number of nitrogens with one attached hydrogen (secondary N) is 2. The van der Waals surface area contributed by atoms with Crippen molar-refractivity contribution < 1.29 is 4.79 Å². The van der Waals surface area contributed by atoms with Gasteiger partial charge in [0.2, 0.25) is 11.1 Å². The van der Waals surface area contributed by atoms with Crippen LogP contribution < -0.4 is 16.4 Å². The van der Waals surface area contributed by atoms with E-state index in [0.717, 1.165) is 16.1 Å². The van der Waals surface area contributed by atoms with E-state index >= 15 is 0 Å². The number of urea groups is 1. The first-order valence-corrected chi connectivity index (χ1v) is 7.01. The van der Waals surface area contributed by atoms with Crippen LogP contribution in [-0.4, -0.2) is 17.0 Å². The number of allylic oxidation sites excluding steroid dienone is 3. The molecule has 0 atom stereocenters. The zero-order valence-electron chi connectivity index (χ0n) is 12.4. The van der Waals surface area contributed by atoms with Crippen molar-refractivity contribution in [2.45, 2.75) is 20.8 Å². The maximum Gasteiger partial charge on any atom is 0.326 e. The third-order valence-corrected chi connectivity index (χ3v) is 3.63. The van der Waals surface area contributed by atoms with E-state index in [2.05, 4.69) is 33.8 Å². The van der Waals surface area contributed by atoms with E-state index in [1.54, 1.807) is 6.08 Å². The van der Waals surface area contributed by atoms with Crippen LogP contribution in [0.3, 0.4) is 0 Å². The lowest BCUT2D eigenvalue weighted by molar-refractivity contribution is 0.248. The Morgan fingerprint density at radius 2 is 2.00 bits per heavy atom. The van der Waals surface area contributed by atoms with E-state index < -0.39 is 6.03 Å². The molecule has 0 aromatic carbocycles. The first kappa shape index (κ1) is 16.6. The number of amides is 2. The van der Waals surface area contributed by atoms with Crippen molar-refractivity contribution in [3.05, 3.63) is 47.2 Å². The second-order valence-corrected chi connectivity index (χ2v) is 5.40. The second kappa shape index (κ2) is 7.39. The van der Waals surface area contributed by atoms with Crippen molar-refractivity contribution in [3.8, 4) is 0 Å². The Bertz CT molecular complexity index is 608. The van der Waals surface area contributed by atoms with Gasteiger partial charge in [-0.05, 0) is 32.4 Å². The summed E-state index contributed by atoms with van der Waals surface area (Å²) in [6.07, 6.45) is 3.15. The van der Waals surface area contributed by atoms with Crippen LogP contribution in [0, 0.1) is 13.8 Å². The van der Waals surface area contributed by atoms with Gasteiger partial charge in [-0.15, -0.1) is 0 Å². The minimum absolute atomic E-state index is 0.0269. The molecule has 0 aliphatic rings. The van der Waals surface area contributed by atoms with Crippen LogP contribution in [-0.2, 0) is 0 Å². The number of aryl methyl sites for hydroxylation is 2. The van der Waals surface area contributed by atoms with Crippen LogP contribution in [0.25, 0.3) is 0 Å². The van der Waals surface area contributed by atoms with E-state index in [0.29, 0.717) is 10.8 Å². The third kappa shape index (κ3) is 4.88. The smallest absolute Gasteiger partial charge is 0.326 e. The molecule has 1 aromatic heterocycles. The summed E-state index contributed by atoms with van der Waals surface area (Å²) in [5, 5.41) is 5.55. The Kier molecular flexibility index (Phi) is 5.86. The third-order valence-electron chi connectivity index (χ3n) is 2.66. The molecular weight excluding hydrogens is 286 g/mol. The Hall–Kier alpha value is -2.41. The fourth-order valence-corrected chi connectivity index (χ4v) is 2.12. The van der Waals surface area contributed by atoms with E-state index in [-0.39, 0.29) is 5.96 Å². The van der Waals surface area contributed by atoms with Gasteiger partial charge in [0, 0.05) is 10.6 Å². The van der Waals surface area contributed by atoms with Gasteiger partial charge in [0.25, 0.3) is 0 Å². The monoisotopic (exact) mass is 305 g/mol. The van der Waals surface area contributed by atoms with Crippen molar-refractivity contribution in [1.82, 2.24) is 15.6 Å². The number of aromatic nitrogens is 1. The summed E-state index contributed by atoms with van der Waals surface area (Å²) in [4.78, 5) is 21.1. The Morgan fingerprint density at radius 3 is 2.48 bits per heavy atom. The van der Waals surface area contributed by atoms with Crippen molar-refractivity contribution in [1.29, 1.82) is 0 Å². The molecule has 1 heterocycles. The van der Waals surface area contributed by atoms with Gasteiger partial charge >= 0.3 is 6.03 Å². The average molecular weight is 305 g/mol.